The van der Waals surface area contributed by atoms with E-state index in [2.05, 4.69) is 15.9 Å². The number of thiocarbonyl (C=S) groups is 1. The van der Waals surface area contributed by atoms with Gasteiger partial charge in [-0.15, -0.1) is 0 Å². The molecule has 0 aliphatic carbocycles. The van der Waals surface area contributed by atoms with Crippen molar-refractivity contribution in [3.05, 3.63) is 27.7 Å². The highest BCUT2D eigenvalue weighted by atomic mass is 79.9. The molecule has 0 fully saturated rings. The third-order valence-corrected chi connectivity index (χ3v) is 4.11. The molecular weight excluding hydrogens is 334 g/mol. The lowest BCUT2D eigenvalue weighted by Crippen LogP contribution is -2.30. The van der Waals surface area contributed by atoms with Crippen molar-refractivity contribution in [1.29, 1.82) is 0 Å². The number of hydrogen-bond acceptors (Lipinski definition) is 2. The van der Waals surface area contributed by atoms with E-state index < -0.39 is 0 Å². The number of rotatable bonds is 6. The summed E-state index contributed by atoms with van der Waals surface area (Å²) in [5, 5.41) is 0.609. The van der Waals surface area contributed by atoms with Crippen molar-refractivity contribution in [2.24, 2.45) is 11.1 Å². The fraction of sp³-hybridized carbons (Fsp3) is 0.462. The van der Waals surface area contributed by atoms with Crippen LogP contribution in [0.15, 0.2) is 22.7 Å². The van der Waals surface area contributed by atoms with Crippen LogP contribution in [-0.4, -0.2) is 11.6 Å². The summed E-state index contributed by atoms with van der Waals surface area (Å²) in [5.41, 5.74) is 5.55. The Morgan fingerprint density at radius 1 is 1.50 bits per heavy atom. The van der Waals surface area contributed by atoms with Gasteiger partial charge in [0.15, 0.2) is 0 Å². The fourth-order valence-corrected chi connectivity index (χ4v) is 2.24. The molecule has 0 saturated carbocycles. The molecule has 5 heteroatoms. The first kappa shape index (κ1) is 15.7. The summed E-state index contributed by atoms with van der Waals surface area (Å²) in [6.45, 7) is 4.69. The Kier molecular flexibility index (Phi) is 5.89. The van der Waals surface area contributed by atoms with Crippen LogP contribution in [-0.2, 0) is 0 Å². The molecule has 2 N–H and O–H groups in total. The third kappa shape index (κ3) is 4.75. The second kappa shape index (κ2) is 6.73. The van der Waals surface area contributed by atoms with Gasteiger partial charge in [-0.05, 0) is 31.0 Å². The molecule has 100 valence electrons. The molecule has 18 heavy (non-hydrogen) atoms. The molecular formula is C13H17BrClNOS. The predicted molar refractivity (Wildman–Crippen MR) is 84.4 cm³/mol. The van der Waals surface area contributed by atoms with Gasteiger partial charge in [-0.3, -0.25) is 0 Å². The summed E-state index contributed by atoms with van der Waals surface area (Å²) in [5.74, 6) is 0.702. The van der Waals surface area contributed by atoms with Crippen molar-refractivity contribution in [3.63, 3.8) is 0 Å². The molecule has 0 unspecified atom stereocenters. The third-order valence-electron chi connectivity index (χ3n) is 2.76. The highest BCUT2D eigenvalue weighted by molar-refractivity contribution is 9.10. The zero-order valence-corrected chi connectivity index (χ0v) is 13.7. The van der Waals surface area contributed by atoms with Gasteiger partial charge >= 0.3 is 0 Å². The van der Waals surface area contributed by atoms with Crippen molar-refractivity contribution in [2.75, 3.05) is 6.61 Å². The molecule has 0 spiro atoms. The minimum atomic E-state index is -0.123. The Morgan fingerprint density at radius 2 is 2.17 bits per heavy atom. The van der Waals surface area contributed by atoms with Crippen LogP contribution >= 0.6 is 39.7 Å². The fourth-order valence-electron chi connectivity index (χ4n) is 1.41. The van der Waals surface area contributed by atoms with Gasteiger partial charge in [-0.2, -0.15) is 0 Å². The molecule has 2 nitrogen and oxygen atoms in total. The van der Waals surface area contributed by atoms with Crippen LogP contribution in [0, 0.1) is 5.41 Å². The number of ether oxygens (including phenoxy) is 1. The Morgan fingerprint density at radius 3 is 2.72 bits per heavy atom. The van der Waals surface area contributed by atoms with E-state index in [1.807, 2.05) is 32.0 Å². The standard InChI is InChI=1S/C13H17BrClNOS/c1-13(2,12(16)18)6-3-7-17-11-5-4-9(14)8-10(11)15/h4-5,8H,3,6-7H2,1-2H3,(H2,16,18). The first-order valence-corrected chi connectivity index (χ1v) is 7.28. The molecule has 0 saturated heterocycles. The van der Waals surface area contributed by atoms with Gasteiger partial charge in [0.1, 0.15) is 5.75 Å². The van der Waals surface area contributed by atoms with Crippen LogP contribution < -0.4 is 10.5 Å². The highest BCUT2D eigenvalue weighted by Gasteiger charge is 2.20. The van der Waals surface area contributed by atoms with Crippen molar-refractivity contribution < 1.29 is 4.74 Å². The Bertz CT molecular complexity index is 437. The maximum atomic E-state index is 6.05. The van der Waals surface area contributed by atoms with Gasteiger partial charge in [0.05, 0.1) is 16.6 Å². The van der Waals surface area contributed by atoms with E-state index in [0.29, 0.717) is 22.4 Å². The van der Waals surface area contributed by atoms with Gasteiger partial charge in [-0.1, -0.05) is 53.6 Å². The van der Waals surface area contributed by atoms with E-state index in [0.717, 1.165) is 17.3 Å². The maximum absolute atomic E-state index is 6.05. The van der Waals surface area contributed by atoms with Crippen LogP contribution in [0.1, 0.15) is 26.7 Å². The molecule has 0 amide bonds. The van der Waals surface area contributed by atoms with Crippen molar-refractivity contribution >= 4 is 44.7 Å². The number of hydrogen-bond donors (Lipinski definition) is 1. The second-order valence-electron chi connectivity index (χ2n) is 4.77. The lowest BCUT2D eigenvalue weighted by atomic mass is 9.88. The Labute approximate surface area is 127 Å². The predicted octanol–water partition coefficient (Wildman–Crippen LogP) is 4.57. The molecule has 1 aromatic rings. The van der Waals surface area contributed by atoms with E-state index in [-0.39, 0.29) is 5.41 Å². The topological polar surface area (TPSA) is 35.2 Å². The molecule has 0 atom stereocenters. The summed E-state index contributed by atoms with van der Waals surface area (Å²) < 4.78 is 6.57. The zero-order chi connectivity index (χ0) is 13.8. The first-order valence-electron chi connectivity index (χ1n) is 5.71. The number of nitrogens with two attached hydrogens (primary N) is 1. The summed E-state index contributed by atoms with van der Waals surface area (Å²) >= 11 is 14.4. The lowest BCUT2D eigenvalue weighted by Gasteiger charge is -2.22. The molecule has 0 bridgehead atoms. The zero-order valence-electron chi connectivity index (χ0n) is 10.5. The lowest BCUT2D eigenvalue weighted by molar-refractivity contribution is 0.288. The minimum absolute atomic E-state index is 0.123. The van der Waals surface area contributed by atoms with Crippen molar-refractivity contribution in [1.82, 2.24) is 0 Å². The van der Waals surface area contributed by atoms with Gasteiger partial charge in [-0.25, -0.2) is 0 Å². The van der Waals surface area contributed by atoms with E-state index >= 15 is 0 Å². The van der Waals surface area contributed by atoms with E-state index in [9.17, 15) is 0 Å². The Hall–Kier alpha value is -0.320. The molecule has 0 radical (unpaired) electrons. The van der Waals surface area contributed by atoms with E-state index in [1.165, 1.54) is 0 Å². The molecule has 0 aromatic heterocycles. The molecule has 0 aliphatic rings. The first-order chi connectivity index (χ1) is 8.33. The van der Waals surface area contributed by atoms with Gasteiger partial charge in [0, 0.05) is 9.89 Å². The largest absolute Gasteiger partial charge is 0.492 e. The van der Waals surface area contributed by atoms with Crippen molar-refractivity contribution in [2.45, 2.75) is 26.7 Å². The van der Waals surface area contributed by atoms with Crippen LogP contribution in [0.4, 0.5) is 0 Å². The summed E-state index contributed by atoms with van der Waals surface area (Å²) in [7, 11) is 0. The minimum Gasteiger partial charge on any atom is -0.492 e. The van der Waals surface area contributed by atoms with E-state index in [4.69, 9.17) is 34.3 Å². The van der Waals surface area contributed by atoms with Gasteiger partial charge in [0.2, 0.25) is 0 Å². The average molecular weight is 351 g/mol. The smallest absolute Gasteiger partial charge is 0.137 e. The molecule has 0 aliphatic heterocycles. The van der Waals surface area contributed by atoms with Gasteiger partial charge in [0.25, 0.3) is 0 Å². The normalized spacial score (nSPS) is 11.3. The van der Waals surface area contributed by atoms with Crippen LogP contribution in [0.5, 0.6) is 5.75 Å². The second-order valence-corrected chi connectivity index (χ2v) is 6.54. The van der Waals surface area contributed by atoms with Crippen molar-refractivity contribution in [3.8, 4) is 5.75 Å². The average Bonchev–Trinajstić information content (AvgIpc) is 2.26. The maximum Gasteiger partial charge on any atom is 0.137 e. The molecule has 0 heterocycles. The van der Waals surface area contributed by atoms with Crippen LogP contribution in [0.25, 0.3) is 0 Å². The SMILES string of the molecule is CC(C)(CCCOc1ccc(Br)cc1Cl)C(N)=S. The summed E-state index contributed by atoms with van der Waals surface area (Å²) in [6, 6.07) is 5.57. The van der Waals surface area contributed by atoms with Crippen LogP contribution in [0.3, 0.4) is 0 Å². The number of halogens is 2. The highest BCUT2D eigenvalue weighted by Crippen LogP contribution is 2.28. The monoisotopic (exact) mass is 349 g/mol. The molecule has 1 rings (SSSR count). The molecule has 1 aromatic carbocycles. The summed E-state index contributed by atoms with van der Waals surface area (Å²) in [6.07, 6.45) is 1.78. The van der Waals surface area contributed by atoms with Gasteiger partial charge < -0.3 is 10.5 Å². The summed E-state index contributed by atoms with van der Waals surface area (Å²) in [4.78, 5) is 0.546. The van der Waals surface area contributed by atoms with Crippen LogP contribution in [0.2, 0.25) is 5.02 Å². The van der Waals surface area contributed by atoms with E-state index in [1.54, 1.807) is 0 Å². The number of benzene rings is 1. The Balaban J connectivity index is 2.41. The quantitative estimate of drug-likeness (QED) is 0.603.